The van der Waals surface area contributed by atoms with E-state index < -0.39 is 0 Å². The van der Waals surface area contributed by atoms with E-state index in [0.717, 1.165) is 22.1 Å². The number of aromatic nitrogens is 1. The maximum absolute atomic E-state index is 5.87. The molecule has 0 radical (unpaired) electrons. The third-order valence-electron chi connectivity index (χ3n) is 2.25. The van der Waals surface area contributed by atoms with E-state index in [2.05, 4.69) is 4.98 Å². The van der Waals surface area contributed by atoms with Crippen LogP contribution >= 0.6 is 22.9 Å². The molecule has 2 aromatic rings. The van der Waals surface area contributed by atoms with Gasteiger partial charge in [0, 0.05) is 17.1 Å². The molecule has 0 saturated heterocycles. The average molecular weight is 270 g/mol. The number of methoxy groups -OCH3 is 1. The van der Waals surface area contributed by atoms with Crippen LogP contribution in [0.3, 0.4) is 0 Å². The summed E-state index contributed by atoms with van der Waals surface area (Å²) in [6.45, 7) is 0.466. The highest BCUT2D eigenvalue weighted by molar-refractivity contribution is 7.09. The summed E-state index contributed by atoms with van der Waals surface area (Å²) in [6, 6.07) is 5.60. The van der Waals surface area contributed by atoms with Crippen LogP contribution in [0.5, 0.6) is 11.5 Å². The zero-order chi connectivity index (χ0) is 12.1. The number of benzene rings is 1. The molecule has 0 aliphatic rings. The standard InChI is InChI=1S/C12H12ClNO2S/c1-15-10-2-3-11(9(6-10)7-13)16-8-12-14-4-5-17-12/h2-6H,7-8H2,1H3. The highest BCUT2D eigenvalue weighted by Crippen LogP contribution is 2.26. The second-order valence-electron chi connectivity index (χ2n) is 3.32. The first-order valence-electron chi connectivity index (χ1n) is 5.07. The molecule has 0 N–H and O–H groups in total. The maximum Gasteiger partial charge on any atom is 0.140 e. The van der Waals surface area contributed by atoms with Crippen LogP contribution in [-0.4, -0.2) is 12.1 Å². The van der Waals surface area contributed by atoms with E-state index in [4.69, 9.17) is 21.1 Å². The summed E-state index contributed by atoms with van der Waals surface area (Å²) in [5.41, 5.74) is 0.919. The Kier molecular flexibility index (Phi) is 4.23. The van der Waals surface area contributed by atoms with Crippen LogP contribution in [-0.2, 0) is 12.5 Å². The van der Waals surface area contributed by atoms with Gasteiger partial charge in [-0.15, -0.1) is 22.9 Å². The zero-order valence-corrected chi connectivity index (χ0v) is 10.9. The Balaban J connectivity index is 2.09. The third-order valence-corrected chi connectivity index (χ3v) is 3.29. The van der Waals surface area contributed by atoms with Crippen molar-refractivity contribution in [2.75, 3.05) is 7.11 Å². The van der Waals surface area contributed by atoms with Crippen molar-refractivity contribution in [1.29, 1.82) is 0 Å². The highest BCUT2D eigenvalue weighted by Gasteiger charge is 2.06. The van der Waals surface area contributed by atoms with E-state index in [-0.39, 0.29) is 0 Å². The molecule has 2 rings (SSSR count). The van der Waals surface area contributed by atoms with E-state index >= 15 is 0 Å². The van der Waals surface area contributed by atoms with Crippen molar-refractivity contribution in [1.82, 2.24) is 4.98 Å². The molecule has 1 aromatic carbocycles. The SMILES string of the molecule is COc1ccc(OCc2nccs2)c(CCl)c1. The normalized spacial score (nSPS) is 10.2. The number of halogens is 1. The lowest BCUT2D eigenvalue weighted by atomic mass is 10.2. The third kappa shape index (κ3) is 3.11. The predicted molar refractivity (Wildman–Crippen MR) is 69.0 cm³/mol. The molecule has 1 aromatic heterocycles. The van der Waals surface area contributed by atoms with Crippen LogP contribution in [0.1, 0.15) is 10.6 Å². The van der Waals surface area contributed by atoms with Gasteiger partial charge in [0.15, 0.2) is 0 Å². The van der Waals surface area contributed by atoms with Gasteiger partial charge in [-0.3, -0.25) is 0 Å². The molecule has 0 spiro atoms. The summed E-state index contributed by atoms with van der Waals surface area (Å²) in [7, 11) is 1.63. The molecular formula is C12H12ClNO2S. The van der Waals surface area contributed by atoms with Gasteiger partial charge in [0.05, 0.1) is 13.0 Å². The first-order chi connectivity index (χ1) is 8.33. The van der Waals surface area contributed by atoms with Crippen LogP contribution in [0.25, 0.3) is 0 Å². The Morgan fingerprint density at radius 3 is 2.94 bits per heavy atom. The lowest BCUT2D eigenvalue weighted by Crippen LogP contribution is -1.97. The fraction of sp³-hybridized carbons (Fsp3) is 0.250. The van der Waals surface area contributed by atoms with Crippen molar-refractivity contribution >= 4 is 22.9 Å². The molecule has 3 nitrogen and oxygen atoms in total. The second-order valence-corrected chi connectivity index (χ2v) is 4.57. The van der Waals surface area contributed by atoms with Crippen LogP contribution in [0.4, 0.5) is 0 Å². The fourth-order valence-electron chi connectivity index (χ4n) is 1.39. The number of nitrogens with zero attached hydrogens (tertiary/aromatic N) is 1. The Bertz CT molecular complexity index is 473. The molecule has 0 bridgehead atoms. The lowest BCUT2D eigenvalue weighted by molar-refractivity contribution is 0.302. The molecule has 0 amide bonds. The minimum Gasteiger partial charge on any atom is -0.497 e. The van der Waals surface area contributed by atoms with Crippen molar-refractivity contribution in [2.45, 2.75) is 12.5 Å². The molecule has 0 fully saturated rings. The largest absolute Gasteiger partial charge is 0.497 e. The molecule has 0 aliphatic heterocycles. The maximum atomic E-state index is 5.87. The van der Waals surface area contributed by atoms with E-state index in [1.807, 2.05) is 23.6 Å². The van der Waals surface area contributed by atoms with E-state index in [0.29, 0.717) is 12.5 Å². The van der Waals surface area contributed by atoms with E-state index in [1.165, 1.54) is 0 Å². The van der Waals surface area contributed by atoms with Crippen LogP contribution in [0.2, 0.25) is 0 Å². The molecule has 5 heteroatoms. The van der Waals surface area contributed by atoms with Crippen LogP contribution in [0, 0.1) is 0 Å². The molecule has 90 valence electrons. The van der Waals surface area contributed by atoms with E-state index in [1.54, 1.807) is 24.6 Å². The van der Waals surface area contributed by atoms with Crippen molar-refractivity contribution in [3.63, 3.8) is 0 Å². The van der Waals surface area contributed by atoms with Gasteiger partial charge < -0.3 is 9.47 Å². The summed E-state index contributed by atoms with van der Waals surface area (Å²) in [6.07, 6.45) is 1.76. The quantitative estimate of drug-likeness (QED) is 0.779. The number of alkyl halides is 1. The number of hydrogen-bond donors (Lipinski definition) is 0. The van der Waals surface area contributed by atoms with Crippen molar-refractivity contribution in [3.05, 3.63) is 40.3 Å². The predicted octanol–water partition coefficient (Wildman–Crippen LogP) is 3.47. The Labute approximate surface area is 109 Å². The molecule has 0 atom stereocenters. The van der Waals surface area contributed by atoms with Gasteiger partial charge in [-0.1, -0.05) is 0 Å². The summed E-state index contributed by atoms with van der Waals surface area (Å²) >= 11 is 7.44. The lowest BCUT2D eigenvalue weighted by Gasteiger charge is -2.10. The first kappa shape index (κ1) is 12.2. The number of hydrogen-bond acceptors (Lipinski definition) is 4. The Morgan fingerprint density at radius 1 is 1.41 bits per heavy atom. The highest BCUT2D eigenvalue weighted by atomic mass is 35.5. The van der Waals surface area contributed by atoms with Gasteiger partial charge in [-0.25, -0.2) is 4.98 Å². The Morgan fingerprint density at radius 2 is 2.29 bits per heavy atom. The number of ether oxygens (including phenoxy) is 2. The monoisotopic (exact) mass is 269 g/mol. The minimum atomic E-state index is 0.393. The molecule has 17 heavy (non-hydrogen) atoms. The second kappa shape index (κ2) is 5.89. The number of thiazole rings is 1. The number of rotatable bonds is 5. The minimum absolute atomic E-state index is 0.393. The van der Waals surface area contributed by atoms with Gasteiger partial charge in [0.25, 0.3) is 0 Å². The van der Waals surface area contributed by atoms with Gasteiger partial charge in [0.1, 0.15) is 23.1 Å². The molecular weight excluding hydrogens is 258 g/mol. The molecule has 0 unspecified atom stereocenters. The van der Waals surface area contributed by atoms with Crippen LogP contribution in [0.15, 0.2) is 29.8 Å². The first-order valence-corrected chi connectivity index (χ1v) is 6.49. The Hall–Kier alpha value is -1.26. The average Bonchev–Trinajstić information content (AvgIpc) is 2.89. The smallest absolute Gasteiger partial charge is 0.140 e. The fourth-order valence-corrected chi connectivity index (χ4v) is 2.13. The summed E-state index contributed by atoms with van der Waals surface area (Å²) in [5, 5.41) is 2.87. The van der Waals surface area contributed by atoms with Gasteiger partial charge in [-0.2, -0.15) is 0 Å². The van der Waals surface area contributed by atoms with Crippen molar-refractivity contribution in [3.8, 4) is 11.5 Å². The van der Waals surface area contributed by atoms with Gasteiger partial charge >= 0.3 is 0 Å². The van der Waals surface area contributed by atoms with E-state index in [9.17, 15) is 0 Å². The van der Waals surface area contributed by atoms with Crippen molar-refractivity contribution in [2.24, 2.45) is 0 Å². The van der Waals surface area contributed by atoms with Crippen molar-refractivity contribution < 1.29 is 9.47 Å². The summed E-state index contributed by atoms with van der Waals surface area (Å²) in [5.74, 6) is 1.95. The van der Waals surface area contributed by atoms with Gasteiger partial charge in [-0.05, 0) is 18.2 Å². The zero-order valence-electron chi connectivity index (χ0n) is 9.35. The molecule has 0 aliphatic carbocycles. The van der Waals surface area contributed by atoms with Crippen LogP contribution < -0.4 is 9.47 Å². The topological polar surface area (TPSA) is 31.4 Å². The summed E-state index contributed by atoms with van der Waals surface area (Å²) < 4.78 is 10.8. The molecule has 0 saturated carbocycles. The van der Waals surface area contributed by atoms with Gasteiger partial charge in [0.2, 0.25) is 0 Å². The summed E-state index contributed by atoms with van der Waals surface area (Å²) in [4.78, 5) is 4.16. The molecule has 1 heterocycles.